The van der Waals surface area contributed by atoms with Gasteiger partial charge in [0.2, 0.25) is 11.8 Å². The second-order valence-electron chi connectivity index (χ2n) is 4.52. The Bertz CT molecular complexity index is 506. The van der Waals surface area contributed by atoms with E-state index in [0.717, 1.165) is 5.56 Å². The second-order valence-corrected chi connectivity index (χ2v) is 4.96. The molecule has 1 fully saturated rings. The van der Waals surface area contributed by atoms with Crippen LogP contribution in [0.3, 0.4) is 0 Å². The molecule has 1 aliphatic rings. The van der Waals surface area contributed by atoms with Crippen molar-refractivity contribution in [3.63, 3.8) is 0 Å². The van der Waals surface area contributed by atoms with Gasteiger partial charge in [-0.2, -0.15) is 0 Å². The van der Waals surface area contributed by atoms with Crippen molar-refractivity contribution in [2.75, 3.05) is 6.61 Å². The summed E-state index contributed by atoms with van der Waals surface area (Å²) >= 11 is 5.89. The molecule has 2 amide bonds. The Labute approximate surface area is 116 Å². The van der Waals surface area contributed by atoms with Crippen LogP contribution in [0.4, 0.5) is 0 Å². The number of nitrogens with zero attached hydrogens (tertiary/aromatic N) is 1. The number of hydrogen-bond donors (Lipinski definition) is 2. The third-order valence-corrected chi connectivity index (χ3v) is 3.34. The number of carbonyl (C=O) groups is 2. The van der Waals surface area contributed by atoms with Gasteiger partial charge in [0.15, 0.2) is 0 Å². The summed E-state index contributed by atoms with van der Waals surface area (Å²) in [6.45, 7) is 1.48. The number of aliphatic hydroxyl groups excluding tert-OH is 1. The molecule has 5 nitrogen and oxygen atoms in total. The monoisotopic (exact) mass is 282 g/mol. The van der Waals surface area contributed by atoms with Gasteiger partial charge in [0.1, 0.15) is 12.1 Å². The molecule has 1 heterocycles. The molecule has 2 atom stereocenters. The second kappa shape index (κ2) is 5.59. The Hall–Kier alpha value is -1.59. The van der Waals surface area contributed by atoms with Gasteiger partial charge in [-0.25, -0.2) is 0 Å². The number of piperazine rings is 1. The molecule has 19 heavy (non-hydrogen) atoms. The number of rotatable bonds is 3. The fourth-order valence-electron chi connectivity index (χ4n) is 2.12. The van der Waals surface area contributed by atoms with Crippen molar-refractivity contribution >= 4 is 23.4 Å². The number of halogens is 1. The van der Waals surface area contributed by atoms with Crippen LogP contribution in [-0.2, 0) is 16.1 Å². The van der Waals surface area contributed by atoms with Gasteiger partial charge in [-0.05, 0) is 24.6 Å². The van der Waals surface area contributed by atoms with E-state index in [1.54, 1.807) is 25.1 Å². The maximum atomic E-state index is 12.1. The van der Waals surface area contributed by atoms with E-state index in [1.165, 1.54) is 4.90 Å². The maximum Gasteiger partial charge on any atom is 0.245 e. The van der Waals surface area contributed by atoms with Crippen LogP contribution in [-0.4, -0.2) is 40.5 Å². The van der Waals surface area contributed by atoms with Crippen LogP contribution in [0, 0.1) is 0 Å². The normalized spacial score (nSPS) is 23.4. The lowest BCUT2D eigenvalue weighted by Gasteiger charge is -2.37. The van der Waals surface area contributed by atoms with E-state index in [2.05, 4.69) is 5.32 Å². The van der Waals surface area contributed by atoms with E-state index >= 15 is 0 Å². The summed E-state index contributed by atoms with van der Waals surface area (Å²) in [4.78, 5) is 25.2. The first-order valence-corrected chi connectivity index (χ1v) is 6.37. The summed E-state index contributed by atoms with van der Waals surface area (Å²) in [6.07, 6.45) is 0. The topological polar surface area (TPSA) is 69.6 Å². The molecule has 2 unspecified atom stereocenters. The van der Waals surface area contributed by atoms with Crippen molar-refractivity contribution in [1.29, 1.82) is 0 Å². The van der Waals surface area contributed by atoms with Crippen LogP contribution in [0.1, 0.15) is 12.5 Å². The lowest BCUT2D eigenvalue weighted by molar-refractivity contribution is -0.151. The Morgan fingerprint density at radius 1 is 1.42 bits per heavy atom. The summed E-state index contributed by atoms with van der Waals surface area (Å²) in [5.74, 6) is -0.546. The molecule has 6 heteroatoms. The fraction of sp³-hybridized carbons (Fsp3) is 0.385. The van der Waals surface area contributed by atoms with Crippen molar-refractivity contribution in [3.8, 4) is 0 Å². The van der Waals surface area contributed by atoms with Crippen LogP contribution in [0.25, 0.3) is 0 Å². The Morgan fingerprint density at radius 2 is 2.16 bits per heavy atom. The highest BCUT2D eigenvalue weighted by molar-refractivity contribution is 6.30. The van der Waals surface area contributed by atoms with E-state index in [4.69, 9.17) is 11.6 Å². The number of nitrogens with one attached hydrogen (secondary N) is 1. The molecular formula is C13H15ClN2O3. The predicted molar refractivity (Wildman–Crippen MR) is 70.5 cm³/mol. The molecule has 2 rings (SSSR count). The smallest absolute Gasteiger partial charge is 0.245 e. The third-order valence-electron chi connectivity index (χ3n) is 3.11. The SMILES string of the molecule is CC1NC(=O)C(CO)N(Cc2cccc(Cl)c2)C1=O. The number of benzene rings is 1. The highest BCUT2D eigenvalue weighted by Gasteiger charge is 2.37. The first-order valence-electron chi connectivity index (χ1n) is 5.99. The number of aliphatic hydroxyl groups is 1. The van der Waals surface area contributed by atoms with E-state index in [-0.39, 0.29) is 18.4 Å². The number of carbonyl (C=O) groups excluding carboxylic acids is 2. The molecule has 1 aliphatic heterocycles. The van der Waals surface area contributed by atoms with Gasteiger partial charge in [-0.1, -0.05) is 23.7 Å². The molecule has 2 N–H and O–H groups in total. The zero-order chi connectivity index (χ0) is 14.0. The first kappa shape index (κ1) is 13.8. The molecule has 0 bridgehead atoms. The number of hydrogen-bond acceptors (Lipinski definition) is 3. The molecular weight excluding hydrogens is 268 g/mol. The molecule has 0 aromatic heterocycles. The lowest BCUT2D eigenvalue weighted by Crippen LogP contribution is -2.63. The maximum absolute atomic E-state index is 12.1. The number of amides is 2. The minimum absolute atomic E-state index is 0.210. The largest absolute Gasteiger partial charge is 0.394 e. The van der Waals surface area contributed by atoms with Crippen molar-refractivity contribution in [1.82, 2.24) is 10.2 Å². The summed E-state index contributed by atoms with van der Waals surface area (Å²) in [5.41, 5.74) is 0.821. The van der Waals surface area contributed by atoms with E-state index in [1.807, 2.05) is 6.07 Å². The minimum atomic E-state index is -0.845. The molecule has 102 valence electrons. The minimum Gasteiger partial charge on any atom is -0.394 e. The van der Waals surface area contributed by atoms with E-state index in [9.17, 15) is 14.7 Å². The Balaban J connectivity index is 2.24. The van der Waals surface area contributed by atoms with Gasteiger partial charge in [0.05, 0.1) is 6.61 Å². The molecule has 1 aromatic carbocycles. The van der Waals surface area contributed by atoms with Crippen molar-refractivity contribution < 1.29 is 14.7 Å². The average molecular weight is 283 g/mol. The lowest BCUT2D eigenvalue weighted by atomic mass is 10.1. The Kier molecular flexibility index (Phi) is 4.07. The first-order chi connectivity index (χ1) is 9.02. The van der Waals surface area contributed by atoms with Gasteiger partial charge in [0, 0.05) is 11.6 Å². The van der Waals surface area contributed by atoms with Crippen LogP contribution in [0.5, 0.6) is 0 Å². The highest BCUT2D eigenvalue weighted by Crippen LogP contribution is 2.17. The van der Waals surface area contributed by atoms with Crippen molar-refractivity contribution in [2.45, 2.75) is 25.6 Å². The van der Waals surface area contributed by atoms with Crippen LogP contribution in [0.15, 0.2) is 24.3 Å². The molecule has 1 aromatic rings. The van der Waals surface area contributed by atoms with Gasteiger partial charge in [-0.15, -0.1) is 0 Å². The van der Waals surface area contributed by atoms with E-state index < -0.39 is 18.7 Å². The van der Waals surface area contributed by atoms with Gasteiger partial charge < -0.3 is 15.3 Å². The van der Waals surface area contributed by atoms with Gasteiger partial charge in [-0.3, -0.25) is 9.59 Å². The van der Waals surface area contributed by atoms with Crippen molar-refractivity contribution in [2.24, 2.45) is 0 Å². The predicted octanol–water partition coefficient (Wildman–Crippen LogP) is 0.548. The van der Waals surface area contributed by atoms with Crippen LogP contribution in [0.2, 0.25) is 5.02 Å². The standard InChI is InChI=1S/C13H15ClN2O3/c1-8-13(19)16(11(7-17)12(18)15-8)6-9-3-2-4-10(14)5-9/h2-5,8,11,17H,6-7H2,1H3,(H,15,18). The van der Waals surface area contributed by atoms with Gasteiger partial charge >= 0.3 is 0 Å². The van der Waals surface area contributed by atoms with Crippen molar-refractivity contribution in [3.05, 3.63) is 34.9 Å². The average Bonchev–Trinajstić information content (AvgIpc) is 2.36. The molecule has 0 radical (unpaired) electrons. The molecule has 0 saturated carbocycles. The summed E-state index contributed by atoms with van der Waals surface area (Å²) in [7, 11) is 0. The van der Waals surface area contributed by atoms with Gasteiger partial charge in [0.25, 0.3) is 0 Å². The summed E-state index contributed by atoms with van der Waals surface area (Å²) in [5, 5.41) is 12.4. The Morgan fingerprint density at radius 3 is 2.79 bits per heavy atom. The van der Waals surface area contributed by atoms with Crippen LogP contribution < -0.4 is 5.32 Å². The molecule has 1 saturated heterocycles. The van der Waals surface area contributed by atoms with E-state index in [0.29, 0.717) is 5.02 Å². The molecule has 0 aliphatic carbocycles. The quantitative estimate of drug-likeness (QED) is 0.850. The zero-order valence-corrected chi connectivity index (χ0v) is 11.2. The summed E-state index contributed by atoms with van der Waals surface area (Å²) in [6, 6.07) is 5.66. The summed E-state index contributed by atoms with van der Waals surface area (Å²) < 4.78 is 0. The fourth-order valence-corrected chi connectivity index (χ4v) is 2.33. The molecule has 0 spiro atoms. The third kappa shape index (κ3) is 2.88. The van der Waals surface area contributed by atoms with Crippen LogP contribution >= 0.6 is 11.6 Å². The zero-order valence-electron chi connectivity index (χ0n) is 10.5. The highest BCUT2D eigenvalue weighted by atomic mass is 35.5.